The zero-order chi connectivity index (χ0) is 10.4. The Morgan fingerprint density at radius 2 is 2.00 bits per heavy atom. The zero-order valence-electron chi connectivity index (χ0n) is 8.20. The lowest BCUT2D eigenvalue weighted by atomic mass is 10.0. The van der Waals surface area contributed by atoms with Gasteiger partial charge < -0.3 is 5.73 Å². The van der Waals surface area contributed by atoms with Crippen LogP contribution in [0, 0.1) is 0 Å². The van der Waals surface area contributed by atoms with Crippen LogP contribution >= 0.6 is 0 Å². The third kappa shape index (κ3) is 2.82. The standard InChI is InChI=1S/C12H15NO/c1-2-3-4-12(14)11-7-5-10(9-13)6-8-11/h2,5-8H,1,3-4,9,13H2. The highest BCUT2D eigenvalue weighted by Crippen LogP contribution is 2.07. The number of ketones is 1. The number of carbonyl (C=O) groups is 1. The van der Waals surface area contributed by atoms with Crippen LogP contribution in [0.15, 0.2) is 36.9 Å². The summed E-state index contributed by atoms with van der Waals surface area (Å²) in [7, 11) is 0. The Morgan fingerprint density at radius 1 is 1.36 bits per heavy atom. The summed E-state index contributed by atoms with van der Waals surface area (Å²) in [5, 5.41) is 0. The van der Waals surface area contributed by atoms with Crippen molar-refractivity contribution in [2.24, 2.45) is 5.73 Å². The van der Waals surface area contributed by atoms with Crippen molar-refractivity contribution in [3.63, 3.8) is 0 Å². The normalized spacial score (nSPS) is 9.79. The Kier molecular flexibility index (Phi) is 4.08. The van der Waals surface area contributed by atoms with E-state index in [1.54, 1.807) is 6.08 Å². The molecule has 1 rings (SSSR count). The smallest absolute Gasteiger partial charge is 0.163 e. The summed E-state index contributed by atoms with van der Waals surface area (Å²) in [6.07, 6.45) is 3.02. The van der Waals surface area contributed by atoms with Crippen molar-refractivity contribution in [1.29, 1.82) is 0 Å². The SMILES string of the molecule is C=CCCC(=O)c1ccc(CN)cc1. The third-order valence-corrected chi connectivity index (χ3v) is 2.09. The van der Waals surface area contributed by atoms with Crippen LogP contribution in [0.1, 0.15) is 28.8 Å². The number of benzene rings is 1. The maximum atomic E-state index is 11.5. The Hall–Kier alpha value is -1.41. The van der Waals surface area contributed by atoms with E-state index < -0.39 is 0 Å². The minimum atomic E-state index is 0.161. The molecule has 0 amide bonds. The van der Waals surface area contributed by atoms with Gasteiger partial charge in [0.2, 0.25) is 0 Å². The van der Waals surface area contributed by atoms with Gasteiger partial charge in [-0.1, -0.05) is 30.3 Å². The van der Waals surface area contributed by atoms with Gasteiger partial charge in [-0.05, 0) is 12.0 Å². The summed E-state index contributed by atoms with van der Waals surface area (Å²) in [5.41, 5.74) is 7.26. The summed E-state index contributed by atoms with van der Waals surface area (Å²) < 4.78 is 0. The van der Waals surface area contributed by atoms with Crippen molar-refractivity contribution in [1.82, 2.24) is 0 Å². The molecule has 1 aromatic rings. The van der Waals surface area contributed by atoms with E-state index in [1.165, 1.54) is 0 Å². The van der Waals surface area contributed by atoms with Gasteiger partial charge in [-0.15, -0.1) is 6.58 Å². The summed E-state index contributed by atoms with van der Waals surface area (Å²) in [6, 6.07) is 7.43. The van der Waals surface area contributed by atoms with Crippen LogP contribution in [0.4, 0.5) is 0 Å². The molecule has 0 atom stereocenters. The van der Waals surface area contributed by atoms with E-state index in [2.05, 4.69) is 6.58 Å². The van der Waals surface area contributed by atoms with Crippen LogP contribution in [0.2, 0.25) is 0 Å². The molecule has 14 heavy (non-hydrogen) atoms. The molecule has 0 aliphatic heterocycles. The van der Waals surface area contributed by atoms with Crippen molar-refractivity contribution in [2.75, 3.05) is 0 Å². The quantitative estimate of drug-likeness (QED) is 0.570. The van der Waals surface area contributed by atoms with Crippen molar-refractivity contribution in [3.8, 4) is 0 Å². The number of allylic oxidation sites excluding steroid dienone is 1. The highest BCUT2D eigenvalue weighted by Gasteiger charge is 2.03. The topological polar surface area (TPSA) is 43.1 Å². The summed E-state index contributed by atoms with van der Waals surface area (Å²) >= 11 is 0. The van der Waals surface area contributed by atoms with Gasteiger partial charge in [-0.3, -0.25) is 4.79 Å². The number of hydrogen-bond acceptors (Lipinski definition) is 2. The molecule has 0 aliphatic carbocycles. The second-order valence-corrected chi connectivity index (χ2v) is 3.15. The first-order chi connectivity index (χ1) is 6.77. The fourth-order valence-electron chi connectivity index (χ4n) is 1.20. The Morgan fingerprint density at radius 3 is 2.50 bits per heavy atom. The van der Waals surface area contributed by atoms with Gasteiger partial charge in [0.1, 0.15) is 0 Å². The summed E-state index contributed by atoms with van der Waals surface area (Å²) in [5.74, 6) is 0.161. The molecule has 0 heterocycles. The van der Waals surface area contributed by atoms with Crippen molar-refractivity contribution < 1.29 is 4.79 Å². The highest BCUT2D eigenvalue weighted by molar-refractivity contribution is 5.96. The Labute approximate surface area is 84.4 Å². The van der Waals surface area contributed by atoms with E-state index in [0.717, 1.165) is 17.5 Å². The summed E-state index contributed by atoms with van der Waals surface area (Å²) in [6.45, 7) is 4.10. The predicted molar refractivity (Wildman–Crippen MR) is 58.1 cm³/mol. The number of rotatable bonds is 5. The van der Waals surface area contributed by atoms with Gasteiger partial charge in [0.05, 0.1) is 0 Å². The molecule has 0 aliphatic rings. The predicted octanol–water partition coefficient (Wildman–Crippen LogP) is 2.29. The van der Waals surface area contributed by atoms with Gasteiger partial charge >= 0.3 is 0 Å². The Bertz CT molecular complexity index is 314. The van der Waals surface area contributed by atoms with Crippen LogP contribution in [0.5, 0.6) is 0 Å². The molecule has 74 valence electrons. The molecule has 0 unspecified atom stereocenters. The number of Topliss-reactive ketones (excluding diaryl/α,β-unsaturated/α-hetero) is 1. The summed E-state index contributed by atoms with van der Waals surface area (Å²) in [4.78, 5) is 11.5. The lowest BCUT2D eigenvalue weighted by Crippen LogP contribution is -2.00. The van der Waals surface area contributed by atoms with Crippen LogP contribution in [0.25, 0.3) is 0 Å². The number of hydrogen-bond donors (Lipinski definition) is 1. The molecule has 0 saturated carbocycles. The van der Waals surface area contributed by atoms with E-state index in [9.17, 15) is 4.79 Å². The molecule has 0 aromatic heterocycles. The fraction of sp³-hybridized carbons (Fsp3) is 0.250. The molecule has 0 fully saturated rings. The fourth-order valence-corrected chi connectivity index (χ4v) is 1.20. The van der Waals surface area contributed by atoms with Crippen LogP contribution in [-0.4, -0.2) is 5.78 Å². The number of nitrogens with two attached hydrogens (primary N) is 1. The van der Waals surface area contributed by atoms with Gasteiger partial charge in [0.15, 0.2) is 5.78 Å². The average molecular weight is 189 g/mol. The van der Waals surface area contributed by atoms with Crippen molar-refractivity contribution in [2.45, 2.75) is 19.4 Å². The maximum absolute atomic E-state index is 11.5. The third-order valence-electron chi connectivity index (χ3n) is 2.09. The molecule has 2 nitrogen and oxygen atoms in total. The molecule has 1 aromatic carbocycles. The van der Waals surface area contributed by atoms with Crippen molar-refractivity contribution in [3.05, 3.63) is 48.0 Å². The van der Waals surface area contributed by atoms with Gasteiger partial charge in [-0.2, -0.15) is 0 Å². The molecule has 2 heteroatoms. The Balaban J connectivity index is 2.66. The van der Waals surface area contributed by atoms with Crippen molar-refractivity contribution >= 4 is 5.78 Å². The van der Waals surface area contributed by atoms with E-state index in [1.807, 2.05) is 24.3 Å². The molecule has 0 bridgehead atoms. The van der Waals surface area contributed by atoms with E-state index in [0.29, 0.717) is 13.0 Å². The van der Waals surface area contributed by atoms with Crippen LogP contribution < -0.4 is 5.73 Å². The molecular weight excluding hydrogens is 174 g/mol. The molecule has 2 N–H and O–H groups in total. The maximum Gasteiger partial charge on any atom is 0.163 e. The minimum Gasteiger partial charge on any atom is -0.326 e. The second-order valence-electron chi connectivity index (χ2n) is 3.15. The lowest BCUT2D eigenvalue weighted by Gasteiger charge is -2.00. The molecule has 0 spiro atoms. The zero-order valence-corrected chi connectivity index (χ0v) is 8.20. The first-order valence-corrected chi connectivity index (χ1v) is 4.71. The van der Waals surface area contributed by atoms with Crippen LogP contribution in [0.3, 0.4) is 0 Å². The lowest BCUT2D eigenvalue weighted by molar-refractivity contribution is 0.0983. The first-order valence-electron chi connectivity index (χ1n) is 4.71. The van der Waals surface area contributed by atoms with Gasteiger partial charge in [0.25, 0.3) is 0 Å². The van der Waals surface area contributed by atoms with Gasteiger partial charge in [-0.25, -0.2) is 0 Å². The number of carbonyl (C=O) groups excluding carboxylic acids is 1. The largest absolute Gasteiger partial charge is 0.326 e. The second kappa shape index (κ2) is 5.35. The van der Waals surface area contributed by atoms with Gasteiger partial charge in [0, 0.05) is 18.5 Å². The molecule has 0 saturated heterocycles. The molecular formula is C12H15NO. The molecule has 0 radical (unpaired) electrons. The first kappa shape index (κ1) is 10.7. The average Bonchev–Trinajstić information content (AvgIpc) is 2.26. The van der Waals surface area contributed by atoms with E-state index in [4.69, 9.17) is 5.73 Å². The van der Waals surface area contributed by atoms with E-state index >= 15 is 0 Å². The minimum absolute atomic E-state index is 0.161. The van der Waals surface area contributed by atoms with Crippen LogP contribution in [-0.2, 0) is 6.54 Å². The van der Waals surface area contributed by atoms with E-state index in [-0.39, 0.29) is 5.78 Å². The highest BCUT2D eigenvalue weighted by atomic mass is 16.1. The monoisotopic (exact) mass is 189 g/mol.